The maximum atomic E-state index is 13.0. The van der Waals surface area contributed by atoms with E-state index >= 15 is 0 Å². The number of benzene rings is 1. The normalized spacial score (nSPS) is 29.8. The summed E-state index contributed by atoms with van der Waals surface area (Å²) >= 11 is 0. The Morgan fingerprint density at radius 3 is 2.14 bits per heavy atom. The number of rotatable bonds is 10. The molecule has 0 saturated heterocycles. The van der Waals surface area contributed by atoms with E-state index in [0.717, 1.165) is 49.7 Å². The number of hydrogen-bond donors (Lipinski definition) is 0. The highest BCUT2D eigenvalue weighted by Gasteiger charge is 2.51. The third kappa shape index (κ3) is 9.02. The van der Waals surface area contributed by atoms with Crippen molar-refractivity contribution in [3.05, 3.63) is 65.3 Å². The van der Waals surface area contributed by atoms with Crippen LogP contribution in [0.4, 0.5) is 0 Å². The summed E-state index contributed by atoms with van der Waals surface area (Å²) in [5, 5.41) is 0.257. The van der Waals surface area contributed by atoms with Crippen LogP contribution in [0.3, 0.4) is 0 Å². The van der Waals surface area contributed by atoms with Gasteiger partial charge in [-0.25, -0.2) is 0 Å². The van der Waals surface area contributed by atoms with Gasteiger partial charge in [-0.3, -0.25) is 4.18 Å². The van der Waals surface area contributed by atoms with Crippen molar-refractivity contribution in [2.45, 2.75) is 161 Å². The van der Waals surface area contributed by atoms with Gasteiger partial charge in [0.15, 0.2) is 16.6 Å². The standard InChI is InChI=1S/C41H68O5SSi2/c1-29-17-21-35(22-18-29)47(42,43)44-28-30(2)36-23-24-37-32(16-15-25-41(36,37)10)19-20-33-26-34(45-48(11,12)39(4,5)6)27-38(31(33)3)46-49(13,14)40(7,8)9/h17-22,30,34,36-38H,3,15-16,23-28H2,1-2,4-14H3/b32-19-,33-20+/t30-,34-,36-,37+,38+,41-/m1/s1. The molecule has 3 aliphatic rings. The van der Waals surface area contributed by atoms with Crippen LogP contribution in [-0.2, 0) is 23.2 Å². The highest BCUT2D eigenvalue weighted by Crippen LogP contribution is 2.59. The average Bonchev–Trinajstić information content (AvgIpc) is 3.33. The lowest BCUT2D eigenvalue weighted by Crippen LogP contribution is -2.49. The molecule has 0 bridgehead atoms. The van der Waals surface area contributed by atoms with E-state index in [0.29, 0.717) is 11.8 Å². The molecule has 0 radical (unpaired) electrons. The Hall–Kier alpha value is -1.30. The quantitative estimate of drug-likeness (QED) is 0.177. The molecule has 0 unspecified atom stereocenters. The van der Waals surface area contributed by atoms with Crippen molar-refractivity contribution in [2.75, 3.05) is 6.61 Å². The maximum Gasteiger partial charge on any atom is 0.296 e. The Morgan fingerprint density at radius 2 is 1.55 bits per heavy atom. The van der Waals surface area contributed by atoms with Crippen LogP contribution in [0.15, 0.2) is 64.6 Å². The third-order valence-electron chi connectivity index (χ3n) is 13.3. The zero-order valence-electron chi connectivity index (χ0n) is 33.2. The summed E-state index contributed by atoms with van der Waals surface area (Å²) in [6, 6.07) is 6.91. The van der Waals surface area contributed by atoms with E-state index < -0.39 is 26.8 Å². The minimum atomic E-state index is -3.78. The second-order valence-corrected chi connectivity index (χ2v) is 30.0. The van der Waals surface area contributed by atoms with Crippen LogP contribution in [0.25, 0.3) is 0 Å². The number of fused-ring (bicyclic) bond motifs is 1. The summed E-state index contributed by atoms with van der Waals surface area (Å²) in [7, 11) is -7.78. The van der Waals surface area contributed by atoms with E-state index in [2.05, 4.69) is 100 Å². The van der Waals surface area contributed by atoms with Crippen LogP contribution >= 0.6 is 0 Å². The largest absolute Gasteiger partial charge is 0.413 e. The molecule has 3 fully saturated rings. The fraction of sp³-hybridized carbons (Fsp3) is 0.707. The van der Waals surface area contributed by atoms with Crippen LogP contribution < -0.4 is 0 Å². The molecule has 0 spiro atoms. The van der Waals surface area contributed by atoms with Crippen LogP contribution in [0.5, 0.6) is 0 Å². The molecule has 0 aromatic heterocycles. The number of aryl methyl sites for hydroxylation is 1. The first kappa shape index (κ1) is 40.5. The molecule has 3 aliphatic carbocycles. The van der Waals surface area contributed by atoms with Gasteiger partial charge in [0.25, 0.3) is 10.1 Å². The SMILES string of the molecule is C=C1/C(=C/C=C2/CCC[C@]3(C)[C@@H]([C@H](C)COS(=O)(=O)c4ccc(C)cc4)CC[C@@H]23)C[C@@H](O[Si](C)(C)C(C)(C)C)C[C@@H]1O[Si](C)(C)C(C)(C)C. The van der Waals surface area contributed by atoms with Crippen LogP contribution in [0.2, 0.25) is 36.3 Å². The molecule has 0 heterocycles. The van der Waals surface area contributed by atoms with Crippen LogP contribution in [0.1, 0.15) is 106 Å². The minimum absolute atomic E-state index is 0.0291. The fourth-order valence-electron chi connectivity index (χ4n) is 8.07. The third-order valence-corrected chi connectivity index (χ3v) is 23.6. The van der Waals surface area contributed by atoms with Gasteiger partial charge in [0, 0.05) is 6.42 Å². The molecule has 1 aromatic rings. The van der Waals surface area contributed by atoms with Gasteiger partial charge >= 0.3 is 0 Å². The summed E-state index contributed by atoms with van der Waals surface area (Å²) < 4.78 is 45.8. The van der Waals surface area contributed by atoms with Crippen molar-refractivity contribution < 1.29 is 21.5 Å². The van der Waals surface area contributed by atoms with Gasteiger partial charge in [-0.1, -0.05) is 97.4 Å². The van der Waals surface area contributed by atoms with Crippen molar-refractivity contribution in [2.24, 2.45) is 23.2 Å². The van der Waals surface area contributed by atoms with E-state index in [4.69, 9.17) is 13.0 Å². The zero-order chi connectivity index (χ0) is 36.8. The van der Waals surface area contributed by atoms with Gasteiger partial charge in [0.2, 0.25) is 0 Å². The Labute approximate surface area is 302 Å². The molecule has 0 aliphatic heterocycles. The average molecular weight is 729 g/mol. The summed E-state index contributed by atoms with van der Waals surface area (Å²) in [4.78, 5) is 0.231. The van der Waals surface area contributed by atoms with Crippen LogP contribution in [-0.4, -0.2) is 43.9 Å². The lowest BCUT2D eigenvalue weighted by Gasteiger charge is -2.45. The molecule has 276 valence electrons. The molecule has 5 nitrogen and oxygen atoms in total. The first-order valence-corrected chi connectivity index (χ1v) is 26.0. The highest BCUT2D eigenvalue weighted by molar-refractivity contribution is 7.86. The molecule has 3 saturated carbocycles. The predicted molar refractivity (Wildman–Crippen MR) is 210 cm³/mol. The first-order valence-electron chi connectivity index (χ1n) is 18.8. The van der Waals surface area contributed by atoms with Gasteiger partial charge in [0.1, 0.15) is 0 Å². The molecule has 49 heavy (non-hydrogen) atoms. The van der Waals surface area contributed by atoms with Gasteiger partial charge in [0.05, 0.1) is 23.7 Å². The molecule has 6 atom stereocenters. The summed E-state index contributed by atoms with van der Waals surface area (Å²) in [6.45, 7) is 34.7. The summed E-state index contributed by atoms with van der Waals surface area (Å²) in [5.74, 6) is 1.05. The van der Waals surface area contributed by atoms with Gasteiger partial charge in [-0.2, -0.15) is 8.42 Å². The molecule has 0 N–H and O–H groups in total. The topological polar surface area (TPSA) is 61.8 Å². The smallest absolute Gasteiger partial charge is 0.296 e. The minimum Gasteiger partial charge on any atom is -0.413 e. The molecule has 4 rings (SSSR count). The summed E-state index contributed by atoms with van der Waals surface area (Å²) in [5.41, 5.74) is 5.09. The van der Waals surface area contributed by atoms with Crippen molar-refractivity contribution in [3.8, 4) is 0 Å². The molecular weight excluding hydrogens is 661 g/mol. The second-order valence-electron chi connectivity index (χ2n) is 18.9. The Balaban J connectivity index is 1.55. The first-order chi connectivity index (χ1) is 22.4. The van der Waals surface area contributed by atoms with Gasteiger partial charge in [-0.05, 0) is 128 Å². The zero-order valence-corrected chi connectivity index (χ0v) is 36.0. The molecule has 0 amide bonds. The van der Waals surface area contributed by atoms with Gasteiger partial charge in [-0.15, -0.1) is 0 Å². The van der Waals surface area contributed by atoms with E-state index in [9.17, 15) is 8.42 Å². The van der Waals surface area contributed by atoms with E-state index in [-0.39, 0.29) is 45.1 Å². The van der Waals surface area contributed by atoms with E-state index in [1.54, 1.807) is 12.1 Å². The van der Waals surface area contributed by atoms with Crippen LogP contribution in [0, 0.1) is 30.1 Å². The monoisotopic (exact) mass is 728 g/mol. The lowest BCUT2D eigenvalue weighted by atomic mass is 9.61. The maximum absolute atomic E-state index is 13.0. The number of hydrogen-bond acceptors (Lipinski definition) is 5. The van der Waals surface area contributed by atoms with Crippen molar-refractivity contribution in [3.63, 3.8) is 0 Å². The number of allylic oxidation sites excluding steroid dienone is 3. The van der Waals surface area contributed by atoms with Crippen molar-refractivity contribution in [1.82, 2.24) is 0 Å². The second kappa shape index (κ2) is 14.6. The highest BCUT2D eigenvalue weighted by atomic mass is 32.2. The van der Waals surface area contributed by atoms with Gasteiger partial charge < -0.3 is 8.85 Å². The molecule has 8 heteroatoms. The van der Waals surface area contributed by atoms with Crippen molar-refractivity contribution in [1.29, 1.82) is 0 Å². The fourth-order valence-corrected chi connectivity index (χ4v) is 11.7. The van der Waals surface area contributed by atoms with Crippen molar-refractivity contribution >= 4 is 26.8 Å². The summed E-state index contributed by atoms with van der Waals surface area (Å²) in [6.07, 6.45) is 12.3. The Bertz CT molecular complexity index is 1510. The Morgan fingerprint density at radius 1 is 0.959 bits per heavy atom. The lowest BCUT2D eigenvalue weighted by molar-refractivity contribution is 0.0760. The molecular formula is C41H68O5SSi2. The van der Waals surface area contributed by atoms with E-state index in [1.165, 1.54) is 17.6 Å². The molecule has 1 aromatic carbocycles. The predicted octanol–water partition coefficient (Wildman–Crippen LogP) is 11.5. The Kier molecular flexibility index (Phi) is 12.1. The van der Waals surface area contributed by atoms with E-state index in [1.807, 2.05) is 19.1 Å².